The van der Waals surface area contributed by atoms with Gasteiger partial charge in [-0.05, 0) is 18.6 Å². The van der Waals surface area contributed by atoms with Crippen molar-refractivity contribution in [2.75, 3.05) is 26.5 Å². The van der Waals surface area contributed by atoms with E-state index in [4.69, 9.17) is 14.6 Å². The second-order valence-corrected chi connectivity index (χ2v) is 10.5. The minimum Gasteiger partial charge on any atom is -0.493 e. The van der Waals surface area contributed by atoms with Crippen LogP contribution in [0.1, 0.15) is 42.0 Å². The van der Waals surface area contributed by atoms with E-state index in [1.807, 2.05) is 12.1 Å². The Kier molecular flexibility index (Phi) is 4.75. The summed E-state index contributed by atoms with van der Waals surface area (Å²) in [7, 11) is -1.59. The number of rotatable bonds is 3. The summed E-state index contributed by atoms with van der Waals surface area (Å²) in [6, 6.07) is 14.4. The predicted molar refractivity (Wildman–Crippen MR) is 119 cm³/mol. The fraction of sp³-hybridized carbons (Fsp3) is 0.435. The Morgan fingerprint density at radius 1 is 1.13 bits per heavy atom. The van der Waals surface area contributed by atoms with Gasteiger partial charge in [0.25, 0.3) is 0 Å². The van der Waals surface area contributed by atoms with E-state index in [0.29, 0.717) is 31.7 Å². The topological polar surface area (TPSA) is 71.4 Å². The summed E-state index contributed by atoms with van der Waals surface area (Å²) in [6.07, 6.45) is 3.11. The maximum atomic E-state index is 12.1. The van der Waals surface area contributed by atoms with Crippen molar-refractivity contribution in [1.29, 1.82) is 0 Å². The molecule has 5 rings (SSSR count). The summed E-state index contributed by atoms with van der Waals surface area (Å²) in [6.45, 7) is 2.88. The fourth-order valence-corrected chi connectivity index (χ4v) is 5.69. The van der Waals surface area contributed by atoms with Crippen LogP contribution in [0.5, 0.6) is 11.5 Å². The third-order valence-corrected chi connectivity index (χ3v) is 7.87. The van der Waals surface area contributed by atoms with Crippen LogP contribution in [-0.4, -0.2) is 55.6 Å². The van der Waals surface area contributed by atoms with Gasteiger partial charge in [-0.15, -0.1) is 0 Å². The molecule has 0 saturated carbocycles. The van der Waals surface area contributed by atoms with Crippen molar-refractivity contribution in [3.05, 3.63) is 59.2 Å². The molecule has 0 unspecified atom stereocenters. The third kappa shape index (κ3) is 3.38. The molecular formula is C23H27N3O4S. The lowest BCUT2D eigenvalue weighted by Gasteiger charge is -2.50. The van der Waals surface area contributed by atoms with Crippen LogP contribution in [0.4, 0.5) is 0 Å². The van der Waals surface area contributed by atoms with Gasteiger partial charge in [-0.25, -0.2) is 17.7 Å². The van der Waals surface area contributed by atoms with E-state index in [9.17, 15) is 8.42 Å². The van der Waals surface area contributed by atoms with E-state index in [1.165, 1.54) is 16.1 Å². The number of fused-ring (bicyclic) bond motifs is 4. The van der Waals surface area contributed by atoms with E-state index in [2.05, 4.69) is 42.3 Å². The Bertz CT molecular complexity index is 1140. The molecule has 7 nitrogen and oxygen atoms in total. The maximum absolute atomic E-state index is 12.1. The first-order valence-corrected chi connectivity index (χ1v) is 12.4. The summed E-state index contributed by atoms with van der Waals surface area (Å²) in [5, 5.41) is 7.13. The third-order valence-electron chi connectivity index (χ3n) is 6.57. The molecule has 0 N–H and O–H groups in total. The molecule has 2 aromatic rings. The lowest BCUT2D eigenvalue weighted by Crippen LogP contribution is -2.59. The fourth-order valence-electron chi connectivity index (χ4n) is 4.85. The first-order chi connectivity index (χ1) is 14.8. The molecule has 164 valence electrons. The molecular weight excluding hydrogens is 414 g/mol. The highest BCUT2D eigenvalue weighted by molar-refractivity contribution is 7.88. The monoisotopic (exact) mass is 441 g/mol. The van der Waals surface area contributed by atoms with Crippen LogP contribution in [0.2, 0.25) is 0 Å². The van der Waals surface area contributed by atoms with Crippen LogP contribution < -0.4 is 9.47 Å². The first-order valence-electron chi connectivity index (χ1n) is 10.6. The molecule has 8 heteroatoms. The first kappa shape index (κ1) is 20.3. The van der Waals surface area contributed by atoms with E-state index >= 15 is 0 Å². The molecule has 1 saturated heterocycles. The van der Waals surface area contributed by atoms with Crippen LogP contribution in [-0.2, 0) is 10.0 Å². The average molecular weight is 442 g/mol. The highest BCUT2D eigenvalue weighted by atomic mass is 32.2. The highest BCUT2D eigenvalue weighted by Gasteiger charge is 2.53. The second-order valence-electron chi connectivity index (χ2n) is 8.57. The predicted octanol–water partition coefficient (Wildman–Crippen LogP) is 3.30. The minimum atomic E-state index is -3.24. The zero-order valence-electron chi connectivity index (χ0n) is 18.0. The molecule has 0 aromatic heterocycles. The Balaban J connectivity index is 1.57. The SMILES string of the molecule is COc1cccc2c1OC1(CCN(S(C)(=O)=O)CC1)N1N=C(c3ccc(C)cc3)C[C@H]21. The summed E-state index contributed by atoms with van der Waals surface area (Å²) in [5.74, 6) is 1.45. The van der Waals surface area contributed by atoms with Crippen LogP contribution in [0.3, 0.4) is 0 Å². The number of nitrogens with zero attached hydrogens (tertiary/aromatic N) is 3. The summed E-state index contributed by atoms with van der Waals surface area (Å²) in [5.41, 5.74) is 3.70. The van der Waals surface area contributed by atoms with Crippen LogP contribution in [0, 0.1) is 6.92 Å². The van der Waals surface area contributed by atoms with Crippen molar-refractivity contribution in [2.45, 2.75) is 38.0 Å². The molecule has 0 radical (unpaired) electrons. The van der Waals surface area contributed by atoms with Crippen molar-refractivity contribution in [2.24, 2.45) is 5.10 Å². The second kappa shape index (κ2) is 7.24. The molecule has 3 heterocycles. The molecule has 0 bridgehead atoms. The number of methoxy groups -OCH3 is 1. The van der Waals surface area contributed by atoms with Gasteiger partial charge < -0.3 is 9.47 Å². The lowest BCUT2D eigenvalue weighted by atomic mass is 9.91. The highest BCUT2D eigenvalue weighted by Crippen LogP contribution is 2.52. The number of hydrogen-bond donors (Lipinski definition) is 0. The van der Waals surface area contributed by atoms with E-state index in [1.54, 1.807) is 7.11 Å². The number of hydrogen-bond acceptors (Lipinski definition) is 6. The molecule has 1 atom stereocenters. The van der Waals surface area contributed by atoms with E-state index in [-0.39, 0.29) is 6.04 Å². The normalized spacial score (nSPS) is 22.5. The molecule has 1 fully saturated rings. The van der Waals surface area contributed by atoms with Crippen molar-refractivity contribution in [3.63, 3.8) is 0 Å². The van der Waals surface area contributed by atoms with E-state index < -0.39 is 15.7 Å². The van der Waals surface area contributed by atoms with Crippen LogP contribution >= 0.6 is 0 Å². The number of ether oxygens (including phenoxy) is 2. The van der Waals surface area contributed by atoms with Gasteiger partial charge in [-0.2, -0.15) is 5.10 Å². The Labute approximate surface area is 183 Å². The van der Waals surface area contributed by atoms with Crippen molar-refractivity contribution in [1.82, 2.24) is 9.31 Å². The molecule has 1 spiro atoms. The van der Waals surface area contributed by atoms with Crippen molar-refractivity contribution < 1.29 is 17.9 Å². The molecule has 0 amide bonds. The number of piperidine rings is 1. The Morgan fingerprint density at radius 2 is 1.84 bits per heavy atom. The largest absolute Gasteiger partial charge is 0.493 e. The van der Waals surface area contributed by atoms with Gasteiger partial charge in [0.15, 0.2) is 11.5 Å². The standard InChI is InChI=1S/C23H27N3O4S/c1-16-7-9-17(10-8-16)19-15-20-18-5-4-6-21(29-2)22(18)30-23(26(20)24-19)11-13-25(14-12-23)31(3,27)28/h4-10,20H,11-15H2,1-3H3/t20-/m1/s1. The minimum absolute atomic E-state index is 0.0277. The van der Waals surface area contributed by atoms with Gasteiger partial charge in [-0.1, -0.05) is 42.0 Å². The number of para-hydroxylation sites is 1. The lowest BCUT2D eigenvalue weighted by molar-refractivity contribution is -0.144. The average Bonchev–Trinajstić information content (AvgIpc) is 3.20. The van der Waals surface area contributed by atoms with Gasteiger partial charge in [0.1, 0.15) is 0 Å². The van der Waals surface area contributed by atoms with Crippen molar-refractivity contribution in [3.8, 4) is 11.5 Å². The summed E-state index contributed by atoms with van der Waals surface area (Å²) < 4.78 is 37.9. The van der Waals surface area contributed by atoms with Gasteiger partial charge in [0.05, 0.1) is 25.1 Å². The zero-order chi connectivity index (χ0) is 21.8. The van der Waals surface area contributed by atoms with Gasteiger partial charge >= 0.3 is 0 Å². The zero-order valence-corrected chi connectivity index (χ0v) is 18.9. The maximum Gasteiger partial charge on any atom is 0.211 e. The molecule has 2 aromatic carbocycles. The smallest absolute Gasteiger partial charge is 0.211 e. The van der Waals surface area contributed by atoms with Gasteiger partial charge in [-0.3, -0.25) is 0 Å². The van der Waals surface area contributed by atoms with Crippen LogP contribution in [0.25, 0.3) is 0 Å². The summed E-state index contributed by atoms with van der Waals surface area (Å²) >= 11 is 0. The molecule has 3 aliphatic rings. The Hall–Kier alpha value is -2.58. The summed E-state index contributed by atoms with van der Waals surface area (Å²) in [4.78, 5) is 0. The number of sulfonamides is 1. The van der Waals surface area contributed by atoms with Gasteiger partial charge in [0, 0.05) is 37.9 Å². The van der Waals surface area contributed by atoms with Gasteiger partial charge in [0.2, 0.25) is 15.7 Å². The van der Waals surface area contributed by atoms with E-state index in [0.717, 1.165) is 29.0 Å². The number of hydrazone groups is 1. The number of aryl methyl sites for hydroxylation is 1. The quantitative estimate of drug-likeness (QED) is 0.731. The van der Waals surface area contributed by atoms with Crippen LogP contribution in [0.15, 0.2) is 47.6 Å². The molecule has 0 aliphatic carbocycles. The van der Waals surface area contributed by atoms with Crippen molar-refractivity contribution >= 4 is 15.7 Å². The Morgan fingerprint density at radius 3 is 2.48 bits per heavy atom. The number of benzene rings is 2. The molecule has 31 heavy (non-hydrogen) atoms. The molecule has 3 aliphatic heterocycles.